The lowest BCUT2D eigenvalue weighted by Crippen LogP contribution is -2.06. The van der Waals surface area contributed by atoms with Gasteiger partial charge in [0, 0.05) is 6.42 Å². The van der Waals surface area contributed by atoms with E-state index in [2.05, 4.69) is 13.2 Å². The summed E-state index contributed by atoms with van der Waals surface area (Å²) in [5.74, 6) is 1.29. The maximum absolute atomic E-state index is 10.6. The molecular formula is C15H18O2. The van der Waals surface area contributed by atoms with Crippen molar-refractivity contribution in [2.24, 2.45) is 5.92 Å². The molecule has 0 bridgehead atoms. The third-order valence-corrected chi connectivity index (χ3v) is 3.38. The molecule has 1 fully saturated rings. The van der Waals surface area contributed by atoms with Crippen LogP contribution in [0.1, 0.15) is 25.7 Å². The molecule has 0 radical (unpaired) electrons. The van der Waals surface area contributed by atoms with Crippen molar-refractivity contribution in [1.29, 1.82) is 0 Å². The predicted molar refractivity (Wildman–Crippen MR) is 68.4 cm³/mol. The van der Waals surface area contributed by atoms with E-state index in [-0.39, 0.29) is 0 Å². The molecule has 0 amide bonds. The zero-order valence-corrected chi connectivity index (χ0v) is 10.1. The van der Waals surface area contributed by atoms with E-state index in [1.54, 1.807) is 0 Å². The zero-order valence-electron chi connectivity index (χ0n) is 10.1. The molecule has 0 aliphatic heterocycles. The van der Waals surface area contributed by atoms with E-state index in [1.807, 2.05) is 12.2 Å². The highest BCUT2D eigenvalue weighted by Gasteiger charge is 2.19. The molecule has 1 unspecified atom stereocenters. The first-order valence-electron chi connectivity index (χ1n) is 6.02. The van der Waals surface area contributed by atoms with Gasteiger partial charge in [0.25, 0.3) is 0 Å². The highest BCUT2D eigenvalue weighted by atomic mass is 16.5. The first-order chi connectivity index (χ1) is 8.19. The molecule has 0 aromatic carbocycles. The van der Waals surface area contributed by atoms with Gasteiger partial charge in [-0.15, -0.1) is 0 Å². The summed E-state index contributed by atoms with van der Waals surface area (Å²) in [6, 6.07) is 0. The molecule has 0 aromatic rings. The van der Waals surface area contributed by atoms with Crippen LogP contribution in [-0.4, -0.2) is 12.9 Å². The smallest absolute Gasteiger partial charge is 0.146 e. The molecule has 0 heterocycles. The zero-order chi connectivity index (χ0) is 12.3. The molecule has 90 valence electrons. The summed E-state index contributed by atoms with van der Waals surface area (Å²) in [6.45, 7) is 8.63. The number of hydrogen-bond acceptors (Lipinski definition) is 2. The molecule has 0 aromatic heterocycles. The molecule has 2 aliphatic carbocycles. The summed E-state index contributed by atoms with van der Waals surface area (Å²) in [4.78, 5) is 10.6. The summed E-state index contributed by atoms with van der Waals surface area (Å²) in [5, 5.41) is 0. The van der Waals surface area contributed by atoms with E-state index < -0.39 is 0 Å². The van der Waals surface area contributed by atoms with E-state index in [4.69, 9.17) is 4.74 Å². The van der Waals surface area contributed by atoms with Gasteiger partial charge in [-0.25, -0.2) is 0 Å². The fourth-order valence-corrected chi connectivity index (χ4v) is 2.29. The second-order valence-electron chi connectivity index (χ2n) is 4.82. The monoisotopic (exact) mass is 230 g/mol. The number of carbonyl (C=O) groups excluding carboxylic acids is 1. The molecule has 1 atom stereocenters. The van der Waals surface area contributed by atoms with Crippen LogP contribution < -0.4 is 0 Å². The van der Waals surface area contributed by atoms with Crippen molar-refractivity contribution in [2.45, 2.75) is 25.7 Å². The SMILES string of the molecule is C=C1CCC(COC(=C)C2=CC=C(C=O)C2)C1. The van der Waals surface area contributed by atoms with Crippen LogP contribution in [0.15, 0.2) is 47.8 Å². The van der Waals surface area contributed by atoms with Crippen molar-refractivity contribution in [3.05, 3.63) is 47.8 Å². The van der Waals surface area contributed by atoms with Gasteiger partial charge in [-0.1, -0.05) is 30.9 Å². The Bertz CT molecular complexity index is 413. The van der Waals surface area contributed by atoms with Crippen LogP contribution in [0, 0.1) is 5.92 Å². The summed E-state index contributed by atoms with van der Waals surface area (Å²) in [6.07, 6.45) is 8.65. The lowest BCUT2D eigenvalue weighted by atomic mass is 10.1. The van der Waals surface area contributed by atoms with Crippen LogP contribution >= 0.6 is 0 Å². The Morgan fingerprint density at radius 2 is 2.35 bits per heavy atom. The van der Waals surface area contributed by atoms with Crippen LogP contribution in [-0.2, 0) is 9.53 Å². The van der Waals surface area contributed by atoms with E-state index in [9.17, 15) is 4.79 Å². The number of carbonyl (C=O) groups is 1. The Morgan fingerprint density at radius 3 is 2.94 bits per heavy atom. The average molecular weight is 230 g/mol. The van der Waals surface area contributed by atoms with Gasteiger partial charge < -0.3 is 4.74 Å². The van der Waals surface area contributed by atoms with Gasteiger partial charge in [0.2, 0.25) is 0 Å². The van der Waals surface area contributed by atoms with Crippen molar-refractivity contribution in [2.75, 3.05) is 6.61 Å². The van der Waals surface area contributed by atoms with Crippen molar-refractivity contribution in [3.8, 4) is 0 Å². The normalized spacial score (nSPS) is 23.3. The molecule has 2 aliphatic rings. The lowest BCUT2D eigenvalue weighted by molar-refractivity contribution is -0.104. The minimum absolute atomic E-state index is 0.583. The number of rotatable bonds is 5. The largest absolute Gasteiger partial charge is 0.494 e. The maximum Gasteiger partial charge on any atom is 0.146 e. The van der Waals surface area contributed by atoms with Crippen LogP contribution in [0.5, 0.6) is 0 Å². The number of ether oxygens (including phenoxy) is 1. The standard InChI is InChI=1S/C15H18O2/c1-11-3-4-14(7-11)10-17-12(2)15-6-5-13(8-15)9-16/h5-6,9,14H,1-4,7-8,10H2. The molecule has 1 saturated carbocycles. The second kappa shape index (κ2) is 5.17. The first kappa shape index (κ1) is 11.9. The van der Waals surface area contributed by atoms with Gasteiger partial charge in [-0.05, 0) is 36.3 Å². The average Bonchev–Trinajstić information content (AvgIpc) is 2.94. The van der Waals surface area contributed by atoms with Gasteiger partial charge in [-0.2, -0.15) is 0 Å². The van der Waals surface area contributed by atoms with Crippen molar-refractivity contribution in [3.63, 3.8) is 0 Å². The van der Waals surface area contributed by atoms with Crippen molar-refractivity contribution < 1.29 is 9.53 Å². The summed E-state index contributed by atoms with van der Waals surface area (Å²) in [5.41, 5.74) is 3.14. The minimum atomic E-state index is 0.583. The Kier molecular flexibility index (Phi) is 3.62. The lowest BCUT2D eigenvalue weighted by Gasteiger charge is -2.14. The Hall–Kier alpha value is -1.57. The van der Waals surface area contributed by atoms with Gasteiger partial charge in [0.05, 0.1) is 6.61 Å². The number of hydrogen-bond donors (Lipinski definition) is 0. The molecular weight excluding hydrogens is 212 g/mol. The molecule has 17 heavy (non-hydrogen) atoms. The first-order valence-corrected chi connectivity index (χ1v) is 6.02. The molecule has 2 nitrogen and oxygen atoms in total. The number of allylic oxidation sites excluding steroid dienone is 5. The predicted octanol–water partition coefficient (Wildman–Crippen LogP) is 3.33. The van der Waals surface area contributed by atoms with Crippen LogP contribution in [0.2, 0.25) is 0 Å². The third-order valence-electron chi connectivity index (χ3n) is 3.38. The molecule has 0 N–H and O–H groups in total. The van der Waals surface area contributed by atoms with Crippen LogP contribution in [0.3, 0.4) is 0 Å². The molecule has 2 rings (SSSR count). The fraction of sp³-hybridized carbons (Fsp3) is 0.400. The highest BCUT2D eigenvalue weighted by Crippen LogP contribution is 2.30. The Balaban J connectivity index is 1.75. The van der Waals surface area contributed by atoms with Gasteiger partial charge in [-0.3, -0.25) is 4.79 Å². The summed E-state index contributed by atoms with van der Waals surface area (Å²) < 4.78 is 5.70. The third kappa shape index (κ3) is 2.96. The van der Waals surface area contributed by atoms with Crippen LogP contribution in [0.4, 0.5) is 0 Å². The molecule has 0 saturated heterocycles. The van der Waals surface area contributed by atoms with Gasteiger partial charge in [0.15, 0.2) is 0 Å². The van der Waals surface area contributed by atoms with E-state index >= 15 is 0 Å². The second-order valence-corrected chi connectivity index (χ2v) is 4.82. The molecule has 2 heteroatoms. The minimum Gasteiger partial charge on any atom is -0.494 e. The van der Waals surface area contributed by atoms with E-state index in [0.29, 0.717) is 24.7 Å². The highest BCUT2D eigenvalue weighted by molar-refractivity contribution is 5.76. The Morgan fingerprint density at radius 1 is 1.53 bits per heavy atom. The van der Waals surface area contributed by atoms with Crippen LogP contribution in [0.25, 0.3) is 0 Å². The maximum atomic E-state index is 10.6. The van der Waals surface area contributed by atoms with Gasteiger partial charge in [0.1, 0.15) is 12.0 Å². The fourth-order valence-electron chi connectivity index (χ4n) is 2.29. The van der Waals surface area contributed by atoms with Gasteiger partial charge >= 0.3 is 0 Å². The van der Waals surface area contributed by atoms with Crippen molar-refractivity contribution >= 4 is 6.29 Å². The van der Waals surface area contributed by atoms with E-state index in [0.717, 1.165) is 30.3 Å². The molecule has 0 spiro atoms. The Labute approximate surface area is 102 Å². The number of aldehydes is 1. The summed E-state index contributed by atoms with van der Waals surface area (Å²) >= 11 is 0. The topological polar surface area (TPSA) is 26.3 Å². The quantitative estimate of drug-likeness (QED) is 0.411. The van der Waals surface area contributed by atoms with Crippen molar-refractivity contribution in [1.82, 2.24) is 0 Å². The van der Waals surface area contributed by atoms with E-state index in [1.165, 1.54) is 12.0 Å². The summed E-state index contributed by atoms with van der Waals surface area (Å²) in [7, 11) is 0.